The molecule has 3 rings (SSSR count). The van der Waals surface area contributed by atoms with Crippen molar-refractivity contribution in [2.24, 2.45) is 0 Å². The Kier molecular flexibility index (Phi) is 7.63. The number of rotatable bonds is 7. The van der Waals surface area contributed by atoms with Gasteiger partial charge >= 0.3 is 5.97 Å². The van der Waals surface area contributed by atoms with Crippen molar-refractivity contribution in [3.8, 4) is 11.8 Å². The highest BCUT2D eigenvalue weighted by Gasteiger charge is 2.10. The molecule has 0 saturated heterocycles. The quantitative estimate of drug-likeness (QED) is 0.304. The Balaban J connectivity index is 1.60. The number of benzene rings is 3. The molecule has 0 fully saturated rings. The van der Waals surface area contributed by atoms with Crippen molar-refractivity contribution < 1.29 is 19.1 Å². The average Bonchev–Trinajstić information content (AvgIpc) is 2.83. The van der Waals surface area contributed by atoms with Crippen molar-refractivity contribution in [3.05, 3.63) is 100 Å². The number of carbonyl (C=O) groups excluding carboxylic acids is 2. The smallest absolute Gasteiger partial charge is 0.337 e. The van der Waals surface area contributed by atoms with E-state index in [2.05, 4.69) is 10.1 Å². The number of ether oxygens (including phenoxy) is 2. The molecule has 0 atom stereocenters. The topological polar surface area (TPSA) is 88.4 Å². The summed E-state index contributed by atoms with van der Waals surface area (Å²) in [5, 5.41) is 12.6. The molecule has 1 N–H and O–H groups in total. The molecule has 0 spiro atoms. The van der Waals surface area contributed by atoms with E-state index in [4.69, 9.17) is 16.3 Å². The van der Waals surface area contributed by atoms with E-state index in [0.717, 1.165) is 5.56 Å². The monoisotopic (exact) mass is 446 g/mol. The molecule has 0 heterocycles. The predicted octanol–water partition coefficient (Wildman–Crippen LogP) is 5.25. The Labute approximate surface area is 190 Å². The van der Waals surface area contributed by atoms with Crippen LogP contribution < -0.4 is 10.1 Å². The zero-order valence-electron chi connectivity index (χ0n) is 17.2. The fraction of sp³-hybridized carbons (Fsp3) is 0.0800. The van der Waals surface area contributed by atoms with Gasteiger partial charge in [-0.25, -0.2) is 4.79 Å². The van der Waals surface area contributed by atoms with E-state index < -0.39 is 5.91 Å². The van der Waals surface area contributed by atoms with Crippen LogP contribution in [-0.4, -0.2) is 19.0 Å². The van der Waals surface area contributed by atoms with E-state index in [9.17, 15) is 14.9 Å². The Morgan fingerprint density at radius 3 is 2.25 bits per heavy atom. The largest absolute Gasteiger partial charge is 0.489 e. The third-order valence-corrected chi connectivity index (χ3v) is 4.69. The molecule has 0 unspecified atom stereocenters. The number of esters is 1. The van der Waals surface area contributed by atoms with Crippen LogP contribution in [0, 0.1) is 11.3 Å². The summed E-state index contributed by atoms with van der Waals surface area (Å²) in [4.78, 5) is 23.8. The van der Waals surface area contributed by atoms with Crippen LogP contribution in [0.1, 0.15) is 21.5 Å². The average molecular weight is 447 g/mol. The van der Waals surface area contributed by atoms with Crippen LogP contribution in [-0.2, 0) is 16.1 Å². The number of nitriles is 1. The molecule has 3 aromatic rings. The first kappa shape index (κ1) is 22.6. The van der Waals surface area contributed by atoms with E-state index in [1.807, 2.05) is 6.07 Å². The second-order valence-electron chi connectivity index (χ2n) is 6.68. The highest BCUT2D eigenvalue weighted by Crippen LogP contribution is 2.18. The molecule has 6 nitrogen and oxygen atoms in total. The molecular formula is C25H19ClN2O4. The zero-order chi connectivity index (χ0) is 22.9. The number of methoxy groups -OCH3 is 1. The molecule has 3 aromatic carbocycles. The summed E-state index contributed by atoms with van der Waals surface area (Å²) in [6, 6.07) is 22.5. The summed E-state index contributed by atoms with van der Waals surface area (Å²) in [5.74, 6) is -0.270. The first-order valence-electron chi connectivity index (χ1n) is 9.57. The summed E-state index contributed by atoms with van der Waals surface area (Å²) in [6.07, 6.45) is 1.50. The molecule has 0 radical (unpaired) electrons. The van der Waals surface area contributed by atoms with Crippen molar-refractivity contribution in [1.82, 2.24) is 0 Å². The number of anilines is 1. The summed E-state index contributed by atoms with van der Waals surface area (Å²) in [7, 11) is 1.34. The number of amides is 1. The Morgan fingerprint density at radius 2 is 1.66 bits per heavy atom. The van der Waals surface area contributed by atoms with Gasteiger partial charge in [-0.3, -0.25) is 4.79 Å². The van der Waals surface area contributed by atoms with Crippen LogP contribution in [0.5, 0.6) is 5.75 Å². The lowest BCUT2D eigenvalue weighted by molar-refractivity contribution is -0.112. The third kappa shape index (κ3) is 6.21. The molecule has 32 heavy (non-hydrogen) atoms. The van der Waals surface area contributed by atoms with Gasteiger partial charge in [0.15, 0.2) is 0 Å². The normalized spacial score (nSPS) is 10.7. The summed E-state index contributed by atoms with van der Waals surface area (Å²) >= 11 is 5.83. The van der Waals surface area contributed by atoms with Crippen LogP contribution >= 0.6 is 11.6 Å². The highest BCUT2D eigenvalue weighted by molar-refractivity contribution is 6.30. The lowest BCUT2D eigenvalue weighted by Gasteiger charge is -2.08. The predicted molar refractivity (Wildman–Crippen MR) is 122 cm³/mol. The van der Waals surface area contributed by atoms with E-state index in [1.54, 1.807) is 72.8 Å². The second-order valence-corrected chi connectivity index (χ2v) is 7.11. The SMILES string of the molecule is COC(=O)c1ccc(COc2ccc(/C=C(\C#N)C(=O)Nc3ccc(Cl)cc3)cc2)cc1. The van der Waals surface area contributed by atoms with Crippen LogP contribution in [0.25, 0.3) is 6.08 Å². The molecule has 1 amide bonds. The fourth-order valence-corrected chi connectivity index (χ4v) is 2.85. The molecule has 0 aliphatic heterocycles. The first-order valence-corrected chi connectivity index (χ1v) is 9.95. The number of nitrogens with zero attached hydrogens (tertiary/aromatic N) is 1. The third-order valence-electron chi connectivity index (χ3n) is 4.44. The maximum absolute atomic E-state index is 12.4. The maximum Gasteiger partial charge on any atom is 0.337 e. The Bertz CT molecular complexity index is 1160. The molecule has 0 aromatic heterocycles. The second kappa shape index (κ2) is 10.8. The fourth-order valence-electron chi connectivity index (χ4n) is 2.73. The Hall–Kier alpha value is -4.08. The number of hydrogen-bond acceptors (Lipinski definition) is 5. The number of nitrogens with one attached hydrogen (secondary N) is 1. The molecule has 0 aliphatic rings. The van der Waals surface area contributed by atoms with Crippen molar-refractivity contribution in [1.29, 1.82) is 5.26 Å². The molecule has 160 valence electrons. The van der Waals surface area contributed by atoms with Gasteiger partial charge < -0.3 is 14.8 Å². The van der Waals surface area contributed by atoms with Crippen LogP contribution in [0.3, 0.4) is 0 Å². The zero-order valence-corrected chi connectivity index (χ0v) is 17.9. The van der Waals surface area contributed by atoms with Gasteiger partial charge in [0.2, 0.25) is 0 Å². The molecule has 0 bridgehead atoms. The van der Waals surface area contributed by atoms with E-state index >= 15 is 0 Å². The van der Waals surface area contributed by atoms with Crippen LogP contribution in [0.15, 0.2) is 78.4 Å². The minimum Gasteiger partial charge on any atom is -0.489 e. The number of halogens is 1. The summed E-state index contributed by atoms with van der Waals surface area (Å²) in [6.45, 7) is 0.323. The van der Waals surface area contributed by atoms with Crippen molar-refractivity contribution in [2.75, 3.05) is 12.4 Å². The molecular weight excluding hydrogens is 428 g/mol. The lowest BCUT2D eigenvalue weighted by Crippen LogP contribution is -2.13. The standard InChI is InChI=1S/C25H19ClN2O4/c1-31-25(30)19-6-2-18(3-7-19)16-32-23-12-4-17(5-13-23)14-20(15-27)24(29)28-22-10-8-21(26)9-11-22/h2-14H,16H2,1H3,(H,28,29)/b20-14+. The minimum atomic E-state index is -0.509. The molecule has 7 heteroatoms. The van der Waals surface area contributed by atoms with Gasteiger partial charge in [0.25, 0.3) is 5.91 Å². The molecule has 0 saturated carbocycles. The van der Waals surface area contributed by atoms with Crippen molar-refractivity contribution in [2.45, 2.75) is 6.61 Å². The van der Waals surface area contributed by atoms with Gasteiger partial charge in [-0.15, -0.1) is 0 Å². The number of carbonyl (C=O) groups is 2. The van der Waals surface area contributed by atoms with Gasteiger partial charge in [0, 0.05) is 10.7 Å². The van der Waals surface area contributed by atoms with Gasteiger partial charge in [0.05, 0.1) is 12.7 Å². The number of hydrogen-bond donors (Lipinski definition) is 1. The minimum absolute atomic E-state index is 0.0284. The first-order chi connectivity index (χ1) is 15.5. The lowest BCUT2D eigenvalue weighted by atomic mass is 10.1. The molecule has 0 aliphatic carbocycles. The van der Waals surface area contributed by atoms with Crippen LogP contribution in [0.4, 0.5) is 5.69 Å². The highest BCUT2D eigenvalue weighted by atomic mass is 35.5. The summed E-state index contributed by atoms with van der Waals surface area (Å²) in [5.41, 5.74) is 2.57. The van der Waals surface area contributed by atoms with Crippen LogP contribution in [0.2, 0.25) is 5.02 Å². The Morgan fingerprint density at radius 1 is 1.00 bits per heavy atom. The van der Waals surface area contributed by atoms with E-state index in [1.165, 1.54) is 13.2 Å². The van der Waals surface area contributed by atoms with E-state index in [0.29, 0.717) is 34.2 Å². The van der Waals surface area contributed by atoms with Crippen molar-refractivity contribution in [3.63, 3.8) is 0 Å². The van der Waals surface area contributed by atoms with Gasteiger partial charge in [-0.2, -0.15) is 5.26 Å². The van der Waals surface area contributed by atoms with Gasteiger partial charge in [-0.05, 0) is 65.7 Å². The van der Waals surface area contributed by atoms with Crippen molar-refractivity contribution >= 4 is 35.2 Å². The van der Waals surface area contributed by atoms with E-state index in [-0.39, 0.29) is 11.5 Å². The van der Waals surface area contributed by atoms with Gasteiger partial charge in [0.1, 0.15) is 24.0 Å². The maximum atomic E-state index is 12.4. The van der Waals surface area contributed by atoms with Gasteiger partial charge in [-0.1, -0.05) is 35.9 Å². The summed E-state index contributed by atoms with van der Waals surface area (Å²) < 4.78 is 10.4.